The summed E-state index contributed by atoms with van der Waals surface area (Å²) in [5, 5.41) is 0.834. The summed E-state index contributed by atoms with van der Waals surface area (Å²) in [5.74, 6) is -0.878. The highest BCUT2D eigenvalue weighted by Crippen LogP contribution is 2.30. The molecule has 0 aliphatic carbocycles. The first kappa shape index (κ1) is 21.6. The molecule has 0 radical (unpaired) electrons. The molecule has 1 amide bonds. The van der Waals surface area contributed by atoms with Gasteiger partial charge in [-0.1, -0.05) is 67.4 Å². The largest absolute Gasteiger partial charge is 0.468 e. The van der Waals surface area contributed by atoms with Crippen molar-refractivity contribution in [3.63, 3.8) is 0 Å². The van der Waals surface area contributed by atoms with Gasteiger partial charge in [0.05, 0.1) is 22.3 Å². The first-order chi connectivity index (χ1) is 13.6. The fourth-order valence-electron chi connectivity index (χ4n) is 2.82. The van der Waals surface area contributed by atoms with E-state index in [1.165, 1.54) is 18.4 Å². The highest BCUT2D eigenvalue weighted by molar-refractivity contribution is 7.16. The van der Waals surface area contributed by atoms with Gasteiger partial charge >= 0.3 is 5.97 Å². The second kappa shape index (κ2) is 8.30. The lowest BCUT2D eigenvalue weighted by Crippen LogP contribution is -2.22. The lowest BCUT2D eigenvalue weighted by molar-refractivity contribution is -0.141. The van der Waals surface area contributed by atoms with Crippen molar-refractivity contribution in [2.45, 2.75) is 32.7 Å². The second-order valence-electron chi connectivity index (χ2n) is 7.53. The summed E-state index contributed by atoms with van der Waals surface area (Å²) in [5.41, 5.74) is 2.16. The zero-order valence-electron chi connectivity index (χ0n) is 16.5. The quantitative estimate of drug-likeness (QED) is 0.513. The Labute approximate surface area is 182 Å². The van der Waals surface area contributed by atoms with E-state index in [9.17, 15) is 9.59 Å². The topological polar surface area (TPSA) is 60.7 Å². The highest BCUT2D eigenvalue weighted by atomic mass is 35.5. The Morgan fingerprint density at radius 1 is 1.14 bits per heavy atom. The van der Waals surface area contributed by atoms with Gasteiger partial charge in [-0.3, -0.25) is 9.59 Å². The molecule has 0 bridgehead atoms. The number of aromatic nitrogens is 1. The fraction of sp³-hybridized carbons (Fsp3) is 0.286. The molecule has 29 heavy (non-hydrogen) atoms. The van der Waals surface area contributed by atoms with Crippen LogP contribution < -0.4 is 4.80 Å². The van der Waals surface area contributed by atoms with E-state index in [-0.39, 0.29) is 12.0 Å². The fourth-order valence-corrected chi connectivity index (χ4v) is 4.63. The molecular formula is C21H20Cl2N2O3S. The third kappa shape index (κ3) is 4.71. The van der Waals surface area contributed by atoms with Gasteiger partial charge in [0.1, 0.15) is 6.54 Å². The number of methoxy groups -OCH3 is 1. The zero-order chi connectivity index (χ0) is 21.3. The third-order valence-corrected chi connectivity index (χ3v) is 5.94. The standard InChI is InChI=1S/C21H20Cl2N2O3S/c1-21(2,3)13-7-5-12(6-8-13)19(27)24-20-25(11-17(26)28-4)18-15(23)9-14(22)10-16(18)29-20/h5-10H,11H2,1-4H3. The monoisotopic (exact) mass is 450 g/mol. The normalized spacial score (nSPS) is 12.4. The summed E-state index contributed by atoms with van der Waals surface area (Å²) in [7, 11) is 1.30. The van der Waals surface area contributed by atoms with Crippen molar-refractivity contribution in [1.82, 2.24) is 4.57 Å². The van der Waals surface area contributed by atoms with E-state index in [1.807, 2.05) is 12.1 Å². The van der Waals surface area contributed by atoms with E-state index in [2.05, 4.69) is 25.8 Å². The Morgan fingerprint density at radius 2 is 1.79 bits per heavy atom. The van der Waals surface area contributed by atoms with E-state index in [0.29, 0.717) is 25.9 Å². The summed E-state index contributed by atoms with van der Waals surface area (Å²) in [6.45, 7) is 6.20. The van der Waals surface area contributed by atoms with Gasteiger partial charge in [-0.2, -0.15) is 4.99 Å². The van der Waals surface area contributed by atoms with Crippen LogP contribution in [0, 0.1) is 0 Å². The number of hydrogen-bond donors (Lipinski definition) is 0. The average molecular weight is 451 g/mol. The number of nitrogens with zero attached hydrogens (tertiary/aromatic N) is 2. The van der Waals surface area contributed by atoms with Gasteiger partial charge in [-0.25, -0.2) is 0 Å². The van der Waals surface area contributed by atoms with Crippen molar-refractivity contribution < 1.29 is 14.3 Å². The lowest BCUT2D eigenvalue weighted by atomic mass is 9.87. The first-order valence-electron chi connectivity index (χ1n) is 8.85. The van der Waals surface area contributed by atoms with E-state index in [4.69, 9.17) is 27.9 Å². The molecule has 0 aliphatic heterocycles. The number of benzene rings is 2. The summed E-state index contributed by atoms with van der Waals surface area (Å²) in [6, 6.07) is 10.7. The molecule has 0 unspecified atom stereocenters. The molecular weight excluding hydrogens is 431 g/mol. The number of thiazole rings is 1. The van der Waals surface area contributed by atoms with Gasteiger partial charge < -0.3 is 9.30 Å². The van der Waals surface area contributed by atoms with Crippen molar-refractivity contribution in [3.05, 3.63) is 62.4 Å². The smallest absolute Gasteiger partial charge is 0.325 e. The van der Waals surface area contributed by atoms with Crippen LogP contribution in [-0.4, -0.2) is 23.6 Å². The Kier molecular flexibility index (Phi) is 6.17. The average Bonchev–Trinajstić information content (AvgIpc) is 2.97. The zero-order valence-corrected chi connectivity index (χ0v) is 18.8. The van der Waals surface area contributed by atoms with E-state index in [0.717, 1.165) is 10.3 Å². The molecule has 0 spiro atoms. The van der Waals surface area contributed by atoms with Crippen LogP contribution in [0.5, 0.6) is 0 Å². The van der Waals surface area contributed by atoms with Crippen molar-refractivity contribution in [3.8, 4) is 0 Å². The van der Waals surface area contributed by atoms with Gasteiger partial charge in [0.25, 0.3) is 5.91 Å². The minimum absolute atomic E-state index is 0.0102. The number of ether oxygens (including phenoxy) is 1. The van der Waals surface area contributed by atoms with Crippen LogP contribution in [0.15, 0.2) is 41.4 Å². The molecule has 1 heterocycles. The molecule has 3 aromatic rings. The van der Waals surface area contributed by atoms with Crippen molar-refractivity contribution in [2.24, 2.45) is 4.99 Å². The number of fused-ring (bicyclic) bond motifs is 1. The molecule has 8 heteroatoms. The first-order valence-corrected chi connectivity index (χ1v) is 10.4. The van der Waals surface area contributed by atoms with Crippen LogP contribution in [0.4, 0.5) is 0 Å². The van der Waals surface area contributed by atoms with Crippen LogP contribution in [0.25, 0.3) is 10.2 Å². The number of carbonyl (C=O) groups is 2. The van der Waals surface area contributed by atoms with Crippen LogP contribution in [0.1, 0.15) is 36.7 Å². The molecule has 2 aromatic carbocycles. The molecule has 3 rings (SSSR count). The number of amides is 1. The summed E-state index contributed by atoms with van der Waals surface area (Å²) < 4.78 is 7.07. The summed E-state index contributed by atoms with van der Waals surface area (Å²) in [4.78, 5) is 29.3. The predicted octanol–water partition coefficient (Wildman–Crippen LogP) is 5.22. The Bertz CT molecular complexity index is 1160. The molecule has 0 saturated carbocycles. The van der Waals surface area contributed by atoms with E-state index in [1.54, 1.807) is 28.8 Å². The van der Waals surface area contributed by atoms with Crippen LogP contribution in [0.3, 0.4) is 0 Å². The molecule has 0 saturated heterocycles. The molecule has 1 aromatic heterocycles. The number of hydrogen-bond acceptors (Lipinski definition) is 4. The molecule has 0 aliphatic rings. The van der Waals surface area contributed by atoms with Gasteiger partial charge in [0.2, 0.25) is 0 Å². The van der Waals surface area contributed by atoms with E-state index >= 15 is 0 Å². The lowest BCUT2D eigenvalue weighted by Gasteiger charge is -2.18. The molecule has 152 valence electrons. The Hall–Kier alpha value is -2.15. The maximum Gasteiger partial charge on any atom is 0.325 e. The van der Waals surface area contributed by atoms with Gasteiger partial charge in [-0.15, -0.1) is 0 Å². The van der Waals surface area contributed by atoms with E-state index < -0.39 is 11.9 Å². The summed E-state index contributed by atoms with van der Waals surface area (Å²) >= 11 is 13.7. The minimum Gasteiger partial charge on any atom is -0.468 e. The molecule has 0 N–H and O–H groups in total. The molecule has 0 atom stereocenters. The summed E-state index contributed by atoms with van der Waals surface area (Å²) in [6.07, 6.45) is 0. The minimum atomic E-state index is -0.473. The highest BCUT2D eigenvalue weighted by Gasteiger charge is 2.17. The van der Waals surface area contributed by atoms with Crippen molar-refractivity contribution in [2.75, 3.05) is 7.11 Å². The number of rotatable bonds is 3. The van der Waals surface area contributed by atoms with Crippen LogP contribution >= 0.6 is 34.5 Å². The second-order valence-corrected chi connectivity index (χ2v) is 9.38. The van der Waals surface area contributed by atoms with Crippen LogP contribution in [-0.2, 0) is 21.5 Å². The van der Waals surface area contributed by atoms with Crippen LogP contribution in [0.2, 0.25) is 10.0 Å². The molecule has 5 nitrogen and oxygen atoms in total. The molecule has 0 fully saturated rings. The SMILES string of the molecule is COC(=O)Cn1c(=NC(=O)c2ccc(C(C)(C)C)cc2)sc2cc(Cl)cc(Cl)c21. The van der Waals surface area contributed by atoms with Gasteiger partial charge in [-0.05, 0) is 35.2 Å². The Morgan fingerprint density at radius 3 is 2.38 bits per heavy atom. The van der Waals surface area contributed by atoms with Crippen molar-refractivity contribution in [1.29, 1.82) is 0 Å². The number of esters is 1. The number of halogens is 2. The maximum absolute atomic E-state index is 12.8. The number of carbonyl (C=O) groups excluding carboxylic acids is 2. The van der Waals surface area contributed by atoms with Gasteiger partial charge in [0.15, 0.2) is 4.80 Å². The third-order valence-electron chi connectivity index (χ3n) is 4.41. The van der Waals surface area contributed by atoms with Gasteiger partial charge in [0, 0.05) is 10.6 Å². The Balaban J connectivity index is 2.11. The maximum atomic E-state index is 12.8. The van der Waals surface area contributed by atoms with Crippen molar-refractivity contribution >= 4 is 56.6 Å². The predicted molar refractivity (Wildman–Crippen MR) is 117 cm³/mol.